The van der Waals surface area contributed by atoms with E-state index in [0.717, 1.165) is 6.42 Å². The molecule has 2 rings (SSSR count). The zero-order chi connectivity index (χ0) is 15.4. The molecule has 1 aliphatic rings. The van der Waals surface area contributed by atoms with E-state index in [2.05, 4.69) is 5.32 Å². The summed E-state index contributed by atoms with van der Waals surface area (Å²) >= 11 is 0. The molecule has 0 bridgehead atoms. The van der Waals surface area contributed by atoms with Crippen molar-refractivity contribution < 1.29 is 9.72 Å². The summed E-state index contributed by atoms with van der Waals surface area (Å²) < 4.78 is 0. The Labute approximate surface area is 123 Å². The highest BCUT2D eigenvalue weighted by molar-refractivity contribution is 5.78. The Balaban J connectivity index is 1.97. The average molecular weight is 292 g/mol. The lowest BCUT2D eigenvalue weighted by molar-refractivity contribution is -0.384. The van der Waals surface area contributed by atoms with E-state index in [-0.39, 0.29) is 17.6 Å². The van der Waals surface area contributed by atoms with E-state index < -0.39 is 4.92 Å². The van der Waals surface area contributed by atoms with Gasteiger partial charge in [0.05, 0.1) is 11.5 Å². The normalized spacial score (nSPS) is 18.0. The van der Waals surface area contributed by atoms with Gasteiger partial charge in [-0.25, -0.2) is 0 Å². The highest BCUT2D eigenvalue weighted by atomic mass is 16.6. The number of carbonyl (C=O) groups is 1. The molecular formula is C14H20N4O3. The topological polar surface area (TPSA) is 78.7 Å². The van der Waals surface area contributed by atoms with Crippen LogP contribution in [-0.4, -0.2) is 60.4 Å². The summed E-state index contributed by atoms with van der Waals surface area (Å²) in [5.41, 5.74) is 0.574. The van der Waals surface area contributed by atoms with Crippen molar-refractivity contribution in [1.82, 2.24) is 9.80 Å². The fourth-order valence-corrected chi connectivity index (χ4v) is 2.45. The third-order valence-electron chi connectivity index (χ3n) is 3.45. The van der Waals surface area contributed by atoms with Gasteiger partial charge in [0, 0.05) is 25.2 Å². The minimum Gasteiger partial charge on any atom is -0.375 e. The Morgan fingerprint density at radius 3 is 2.86 bits per heavy atom. The molecule has 1 amide bonds. The van der Waals surface area contributed by atoms with Gasteiger partial charge in [-0.05, 0) is 26.6 Å². The summed E-state index contributed by atoms with van der Waals surface area (Å²) in [6.07, 6.45) is 0.797. The first-order valence-corrected chi connectivity index (χ1v) is 6.90. The fraction of sp³-hybridized carbons (Fsp3) is 0.500. The number of hydrogen-bond acceptors (Lipinski definition) is 5. The molecule has 0 spiro atoms. The highest BCUT2D eigenvalue weighted by Gasteiger charge is 2.27. The van der Waals surface area contributed by atoms with Crippen molar-refractivity contribution in [3.8, 4) is 0 Å². The number of likely N-dealkylation sites (tertiary alicyclic amines) is 1. The molecule has 1 aromatic carbocycles. The van der Waals surface area contributed by atoms with E-state index >= 15 is 0 Å². The number of hydrogen-bond donors (Lipinski definition) is 1. The molecule has 114 valence electrons. The molecule has 0 unspecified atom stereocenters. The van der Waals surface area contributed by atoms with Gasteiger partial charge in [0.25, 0.3) is 5.69 Å². The number of amides is 1. The molecule has 7 heteroatoms. The lowest BCUT2D eigenvalue weighted by Gasteiger charge is -2.19. The van der Waals surface area contributed by atoms with E-state index in [4.69, 9.17) is 0 Å². The van der Waals surface area contributed by atoms with E-state index in [1.807, 2.05) is 19.0 Å². The number of benzene rings is 1. The third-order valence-corrected chi connectivity index (χ3v) is 3.45. The molecule has 0 aliphatic carbocycles. The maximum Gasteiger partial charge on any atom is 0.292 e. The highest BCUT2D eigenvalue weighted by Crippen LogP contribution is 2.25. The maximum absolute atomic E-state index is 12.0. The van der Waals surface area contributed by atoms with Crippen molar-refractivity contribution in [1.29, 1.82) is 0 Å². The predicted octanol–water partition coefficient (Wildman–Crippen LogP) is 1.17. The zero-order valence-electron chi connectivity index (χ0n) is 12.3. The monoisotopic (exact) mass is 292 g/mol. The average Bonchev–Trinajstić information content (AvgIpc) is 2.87. The van der Waals surface area contributed by atoms with Crippen molar-refractivity contribution in [3.63, 3.8) is 0 Å². The van der Waals surface area contributed by atoms with Crippen molar-refractivity contribution in [3.05, 3.63) is 34.4 Å². The molecule has 1 N–H and O–H groups in total. The van der Waals surface area contributed by atoms with Crippen LogP contribution in [-0.2, 0) is 4.79 Å². The van der Waals surface area contributed by atoms with E-state index in [1.165, 1.54) is 6.07 Å². The Morgan fingerprint density at radius 2 is 2.19 bits per heavy atom. The van der Waals surface area contributed by atoms with Gasteiger partial charge in [-0.2, -0.15) is 0 Å². The SMILES string of the molecule is CN(C)CC(=O)N1CC[C@@H](Nc2ccccc2[N+](=O)[O-])C1. The van der Waals surface area contributed by atoms with Gasteiger partial charge in [0.2, 0.25) is 5.91 Å². The lowest BCUT2D eigenvalue weighted by atomic mass is 10.2. The first kappa shape index (κ1) is 15.2. The molecule has 21 heavy (non-hydrogen) atoms. The van der Waals surface area contributed by atoms with Crippen LogP contribution in [0.5, 0.6) is 0 Å². The molecular weight excluding hydrogens is 272 g/mol. The number of nitro benzene ring substituents is 1. The number of nitro groups is 1. The number of anilines is 1. The van der Waals surface area contributed by atoms with Crippen molar-refractivity contribution in [2.75, 3.05) is 39.0 Å². The molecule has 1 fully saturated rings. The van der Waals surface area contributed by atoms with E-state index in [9.17, 15) is 14.9 Å². The van der Waals surface area contributed by atoms with Crippen LogP contribution in [0, 0.1) is 10.1 Å². The van der Waals surface area contributed by atoms with Gasteiger partial charge in [-0.3, -0.25) is 14.9 Å². The van der Waals surface area contributed by atoms with Crippen molar-refractivity contribution >= 4 is 17.3 Å². The summed E-state index contributed by atoms with van der Waals surface area (Å²) in [5.74, 6) is 0.0897. The minimum atomic E-state index is -0.397. The second-order valence-electron chi connectivity index (χ2n) is 5.48. The molecule has 0 aromatic heterocycles. The summed E-state index contributed by atoms with van der Waals surface area (Å²) in [6, 6.07) is 6.64. The fourth-order valence-electron chi connectivity index (χ4n) is 2.45. The van der Waals surface area contributed by atoms with Crippen molar-refractivity contribution in [2.45, 2.75) is 12.5 Å². The van der Waals surface area contributed by atoms with Gasteiger partial charge in [-0.1, -0.05) is 12.1 Å². The van der Waals surface area contributed by atoms with Crippen LogP contribution in [0.4, 0.5) is 11.4 Å². The smallest absolute Gasteiger partial charge is 0.292 e. The van der Waals surface area contributed by atoms with Crippen LogP contribution in [0.25, 0.3) is 0 Å². The van der Waals surface area contributed by atoms with Gasteiger partial charge in [-0.15, -0.1) is 0 Å². The molecule has 1 aromatic rings. The molecule has 1 atom stereocenters. The first-order valence-electron chi connectivity index (χ1n) is 6.90. The maximum atomic E-state index is 12.0. The van der Waals surface area contributed by atoms with E-state index in [1.54, 1.807) is 23.1 Å². The summed E-state index contributed by atoms with van der Waals surface area (Å²) in [7, 11) is 3.72. The minimum absolute atomic E-state index is 0.0530. The molecule has 1 saturated heterocycles. The van der Waals surface area contributed by atoms with Crippen molar-refractivity contribution in [2.24, 2.45) is 0 Å². The zero-order valence-corrected chi connectivity index (χ0v) is 12.3. The Morgan fingerprint density at radius 1 is 1.48 bits per heavy atom. The quantitative estimate of drug-likeness (QED) is 0.651. The summed E-state index contributed by atoms with van der Waals surface area (Å²) in [6.45, 7) is 1.65. The second kappa shape index (κ2) is 6.53. The predicted molar refractivity (Wildman–Crippen MR) is 80.3 cm³/mol. The number of carbonyl (C=O) groups excluding carboxylic acids is 1. The summed E-state index contributed by atoms with van der Waals surface area (Å²) in [4.78, 5) is 26.2. The number of para-hydroxylation sites is 2. The largest absolute Gasteiger partial charge is 0.375 e. The van der Waals surface area contributed by atoms with Crippen LogP contribution in [0.2, 0.25) is 0 Å². The number of rotatable bonds is 5. The van der Waals surface area contributed by atoms with Gasteiger partial charge < -0.3 is 15.1 Å². The molecule has 0 saturated carbocycles. The Kier molecular flexibility index (Phi) is 4.74. The molecule has 1 aliphatic heterocycles. The Bertz CT molecular complexity index is 533. The summed E-state index contributed by atoms with van der Waals surface area (Å²) in [5, 5.41) is 14.2. The van der Waals surface area contributed by atoms with Gasteiger partial charge in [0.1, 0.15) is 5.69 Å². The number of likely N-dealkylation sites (N-methyl/N-ethyl adjacent to an activating group) is 1. The third kappa shape index (κ3) is 3.91. The number of nitrogens with one attached hydrogen (secondary N) is 1. The van der Waals surface area contributed by atoms with Gasteiger partial charge >= 0.3 is 0 Å². The van der Waals surface area contributed by atoms with Gasteiger partial charge in [0.15, 0.2) is 0 Å². The van der Waals surface area contributed by atoms with Crippen LogP contribution in [0.3, 0.4) is 0 Å². The van der Waals surface area contributed by atoms with Crippen LogP contribution >= 0.6 is 0 Å². The lowest BCUT2D eigenvalue weighted by Crippen LogP contribution is -2.37. The van der Waals surface area contributed by atoms with Crippen LogP contribution in [0.1, 0.15) is 6.42 Å². The molecule has 1 heterocycles. The second-order valence-corrected chi connectivity index (χ2v) is 5.48. The van der Waals surface area contributed by atoms with E-state index in [0.29, 0.717) is 25.3 Å². The van der Waals surface area contributed by atoms with Crippen LogP contribution in [0.15, 0.2) is 24.3 Å². The molecule has 7 nitrogen and oxygen atoms in total. The standard InChI is InChI=1S/C14H20N4O3/c1-16(2)10-14(19)17-8-7-11(9-17)15-12-5-3-4-6-13(12)18(20)21/h3-6,11,15H,7-10H2,1-2H3/t11-/m1/s1. The van der Waals surface area contributed by atoms with Crippen LogP contribution < -0.4 is 5.32 Å². The Hall–Kier alpha value is -2.15. The number of nitrogens with zero attached hydrogens (tertiary/aromatic N) is 3. The molecule has 0 radical (unpaired) electrons. The first-order chi connectivity index (χ1) is 9.97.